The van der Waals surface area contributed by atoms with Crippen LogP contribution in [-0.2, 0) is 5.54 Å². The van der Waals surface area contributed by atoms with E-state index in [0.717, 1.165) is 12.1 Å². The predicted octanol–water partition coefficient (Wildman–Crippen LogP) is 2.90. The number of nitrogens with zero attached hydrogens (tertiary/aromatic N) is 1. The zero-order chi connectivity index (χ0) is 10.0. The molecule has 2 nitrogen and oxygen atoms in total. The summed E-state index contributed by atoms with van der Waals surface area (Å²) in [7, 11) is 0. The van der Waals surface area contributed by atoms with Crippen LogP contribution in [0.1, 0.15) is 44.7 Å². The van der Waals surface area contributed by atoms with Crippen molar-refractivity contribution in [3.63, 3.8) is 0 Å². The summed E-state index contributed by atoms with van der Waals surface area (Å²) in [6.45, 7) is 2.24. The first-order chi connectivity index (χ1) is 6.77. The van der Waals surface area contributed by atoms with Crippen molar-refractivity contribution in [2.75, 3.05) is 0 Å². The minimum absolute atomic E-state index is 0.132. The maximum absolute atomic E-state index is 6.52. The minimum atomic E-state index is -0.132. The lowest BCUT2D eigenvalue weighted by atomic mass is 9.70. The van der Waals surface area contributed by atoms with Gasteiger partial charge >= 0.3 is 0 Å². The van der Waals surface area contributed by atoms with Crippen molar-refractivity contribution in [1.82, 2.24) is 4.37 Å². The second-order valence-corrected chi connectivity index (χ2v) is 4.94. The van der Waals surface area contributed by atoms with Crippen LogP contribution in [0.5, 0.6) is 0 Å². The van der Waals surface area contributed by atoms with Gasteiger partial charge in [0.1, 0.15) is 0 Å². The van der Waals surface area contributed by atoms with E-state index in [9.17, 15) is 0 Å². The number of nitrogens with two attached hydrogens (primary N) is 1. The third kappa shape index (κ3) is 1.59. The van der Waals surface area contributed by atoms with Gasteiger partial charge in [0.05, 0.1) is 11.2 Å². The first-order valence-electron chi connectivity index (χ1n) is 5.47. The Morgan fingerprint density at radius 1 is 1.64 bits per heavy atom. The lowest BCUT2D eigenvalue weighted by molar-refractivity contribution is 0.180. The molecule has 2 rings (SSSR count). The molecule has 1 aromatic heterocycles. The summed E-state index contributed by atoms with van der Waals surface area (Å²) in [6.07, 6.45) is 6.14. The molecule has 1 aliphatic rings. The van der Waals surface area contributed by atoms with Gasteiger partial charge in [-0.3, -0.25) is 0 Å². The molecule has 1 aliphatic carbocycles. The summed E-state index contributed by atoms with van der Waals surface area (Å²) >= 11 is 1.51. The van der Waals surface area contributed by atoms with Gasteiger partial charge < -0.3 is 5.73 Å². The maximum atomic E-state index is 6.52. The fourth-order valence-electron chi connectivity index (χ4n) is 2.63. The molecule has 3 heteroatoms. The summed E-state index contributed by atoms with van der Waals surface area (Å²) in [5.74, 6) is 0.623. The van der Waals surface area contributed by atoms with Gasteiger partial charge in [-0.05, 0) is 36.4 Å². The van der Waals surface area contributed by atoms with E-state index in [2.05, 4.69) is 17.4 Å². The van der Waals surface area contributed by atoms with Crippen molar-refractivity contribution in [2.45, 2.75) is 44.6 Å². The second kappa shape index (κ2) is 3.99. The zero-order valence-electron chi connectivity index (χ0n) is 8.70. The Balaban J connectivity index is 2.27. The SMILES string of the molecule is CCC1CCCCC1(N)c1ccsn1. The van der Waals surface area contributed by atoms with Gasteiger partial charge in [0, 0.05) is 5.38 Å². The third-order valence-corrected chi connectivity index (χ3v) is 4.09. The number of rotatable bonds is 2. The first kappa shape index (κ1) is 10.1. The van der Waals surface area contributed by atoms with Gasteiger partial charge in [0.2, 0.25) is 0 Å². The highest BCUT2D eigenvalue weighted by Gasteiger charge is 2.38. The molecule has 0 saturated heterocycles. The summed E-state index contributed by atoms with van der Waals surface area (Å²) in [5.41, 5.74) is 7.51. The Labute approximate surface area is 89.7 Å². The van der Waals surface area contributed by atoms with Crippen LogP contribution in [0.3, 0.4) is 0 Å². The molecule has 2 N–H and O–H groups in total. The van der Waals surface area contributed by atoms with E-state index < -0.39 is 0 Å². The molecule has 0 radical (unpaired) electrons. The van der Waals surface area contributed by atoms with Crippen LogP contribution in [0.25, 0.3) is 0 Å². The van der Waals surface area contributed by atoms with Gasteiger partial charge in [-0.2, -0.15) is 4.37 Å². The molecule has 1 aromatic rings. The molecule has 14 heavy (non-hydrogen) atoms. The molecule has 1 saturated carbocycles. The molecule has 0 bridgehead atoms. The molecule has 1 heterocycles. The first-order valence-corrected chi connectivity index (χ1v) is 6.30. The largest absolute Gasteiger partial charge is 0.320 e. The van der Waals surface area contributed by atoms with Crippen LogP contribution in [0, 0.1) is 5.92 Å². The van der Waals surface area contributed by atoms with Crippen LogP contribution in [-0.4, -0.2) is 4.37 Å². The van der Waals surface area contributed by atoms with E-state index in [1.807, 2.05) is 5.38 Å². The van der Waals surface area contributed by atoms with Gasteiger partial charge in [-0.25, -0.2) is 0 Å². The molecular formula is C11H18N2S. The van der Waals surface area contributed by atoms with Crippen molar-refractivity contribution in [1.29, 1.82) is 0 Å². The highest BCUT2D eigenvalue weighted by molar-refractivity contribution is 7.03. The molecule has 0 spiro atoms. The zero-order valence-corrected chi connectivity index (χ0v) is 9.52. The Bertz CT molecular complexity index is 283. The molecule has 2 unspecified atom stereocenters. The summed E-state index contributed by atoms with van der Waals surface area (Å²) < 4.78 is 4.43. The number of hydrogen-bond acceptors (Lipinski definition) is 3. The van der Waals surface area contributed by atoms with Crippen LogP contribution in [0.4, 0.5) is 0 Å². The molecule has 1 fully saturated rings. The van der Waals surface area contributed by atoms with Crippen molar-refractivity contribution < 1.29 is 0 Å². The monoisotopic (exact) mass is 210 g/mol. The van der Waals surface area contributed by atoms with Crippen molar-refractivity contribution >= 4 is 11.5 Å². The smallest absolute Gasteiger partial charge is 0.0743 e. The van der Waals surface area contributed by atoms with Gasteiger partial charge in [-0.1, -0.05) is 26.2 Å². The number of aromatic nitrogens is 1. The van der Waals surface area contributed by atoms with Crippen molar-refractivity contribution in [2.24, 2.45) is 11.7 Å². The van der Waals surface area contributed by atoms with Gasteiger partial charge in [0.25, 0.3) is 0 Å². The fourth-order valence-corrected chi connectivity index (χ4v) is 3.22. The Kier molecular flexibility index (Phi) is 2.88. The molecule has 78 valence electrons. The van der Waals surface area contributed by atoms with E-state index >= 15 is 0 Å². The summed E-state index contributed by atoms with van der Waals surface area (Å²) in [5, 5.41) is 2.03. The molecule has 2 atom stereocenters. The number of hydrogen-bond donors (Lipinski definition) is 1. The molecule has 0 aliphatic heterocycles. The third-order valence-electron chi connectivity index (χ3n) is 3.53. The van der Waals surface area contributed by atoms with E-state index in [4.69, 9.17) is 5.73 Å². The van der Waals surface area contributed by atoms with E-state index in [0.29, 0.717) is 5.92 Å². The minimum Gasteiger partial charge on any atom is -0.320 e. The average molecular weight is 210 g/mol. The quantitative estimate of drug-likeness (QED) is 0.815. The Morgan fingerprint density at radius 3 is 3.14 bits per heavy atom. The lowest BCUT2D eigenvalue weighted by Crippen LogP contribution is -2.46. The Morgan fingerprint density at radius 2 is 2.50 bits per heavy atom. The van der Waals surface area contributed by atoms with E-state index in [1.54, 1.807) is 0 Å². The molecule has 0 amide bonds. The fraction of sp³-hybridized carbons (Fsp3) is 0.727. The van der Waals surface area contributed by atoms with E-state index in [-0.39, 0.29) is 5.54 Å². The highest BCUT2D eigenvalue weighted by Crippen LogP contribution is 2.40. The van der Waals surface area contributed by atoms with Crippen LogP contribution >= 0.6 is 11.5 Å². The van der Waals surface area contributed by atoms with Crippen molar-refractivity contribution in [3.05, 3.63) is 17.1 Å². The van der Waals surface area contributed by atoms with Crippen LogP contribution in [0.2, 0.25) is 0 Å². The van der Waals surface area contributed by atoms with Gasteiger partial charge in [0.15, 0.2) is 0 Å². The maximum Gasteiger partial charge on any atom is 0.0743 e. The standard InChI is InChI=1S/C11H18N2S/c1-2-9-5-3-4-7-11(9,12)10-6-8-14-13-10/h6,8-9H,2-5,7,12H2,1H3. The summed E-state index contributed by atoms with van der Waals surface area (Å²) in [6, 6.07) is 2.10. The predicted molar refractivity (Wildman–Crippen MR) is 60.2 cm³/mol. The lowest BCUT2D eigenvalue weighted by Gasteiger charge is -2.39. The normalized spacial score (nSPS) is 33.1. The summed E-state index contributed by atoms with van der Waals surface area (Å²) in [4.78, 5) is 0. The van der Waals surface area contributed by atoms with Crippen LogP contribution < -0.4 is 5.73 Å². The Hall–Kier alpha value is -0.410. The highest BCUT2D eigenvalue weighted by atomic mass is 32.1. The topological polar surface area (TPSA) is 38.9 Å². The molecule has 0 aromatic carbocycles. The van der Waals surface area contributed by atoms with Crippen molar-refractivity contribution in [3.8, 4) is 0 Å². The van der Waals surface area contributed by atoms with Crippen LogP contribution in [0.15, 0.2) is 11.4 Å². The van der Waals surface area contributed by atoms with E-state index in [1.165, 1.54) is 37.2 Å². The molecular weight excluding hydrogens is 192 g/mol. The van der Waals surface area contributed by atoms with Gasteiger partial charge in [-0.15, -0.1) is 0 Å². The average Bonchev–Trinajstić information content (AvgIpc) is 2.72. The second-order valence-electron chi connectivity index (χ2n) is 4.28.